The van der Waals surface area contributed by atoms with E-state index in [0.29, 0.717) is 19.6 Å². The van der Waals surface area contributed by atoms with Crippen LogP contribution >= 0.6 is 11.3 Å². The molecule has 0 N–H and O–H groups in total. The molecule has 6 heteroatoms. The van der Waals surface area contributed by atoms with Crippen LogP contribution in [-0.4, -0.2) is 53.6 Å². The minimum atomic E-state index is -0.189. The molecule has 1 atom stereocenters. The summed E-state index contributed by atoms with van der Waals surface area (Å²) in [5.74, 6) is 0.126. The van der Waals surface area contributed by atoms with Crippen LogP contribution in [-0.2, 0) is 4.74 Å². The first kappa shape index (κ1) is 15.3. The van der Waals surface area contributed by atoms with Gasteiger partial charge in [-0.3, -0.25) is 4.79 Å². The number of carbonyl (C=O) groups excluding carboxylic acids is 2. The van der Waals surface area contributed by atoms with Crippen LogP contribution in [0.4, 0.5) is 4.79 Å². The van der Waals surface area contributed by atoms with Crippen molar-refractivity contribution in [2.75, 3.05) is 19.6 Å². The van der Waals surface area contributed by atoms with Crippen LogP contribution in [0.15, 0.2) is 11.4 Å². The lowest BCUT2D eigenvalue weighted by atomic mass is 10.0. The number of piperidine rings is 1. The van der Waals surface area contributed by atoms with Gasteiger partial charge in [-0.1, -0.05) is 6.92 Å². The van der Waals surface area contributed by atoms with Gasteiger partial charge in [-0.2, -0.15) is 0 Å². The highest BCUT2D eigenvalue weighted by molar-refractivity contribution is 7.12. The Hall–Kier alpha value is -1.56. The van der Waals surface area contributed by atoms with E-state index in [0.717, 1.165) is 29.7 Å². The van der Waals surface area contributed by atoms with Gasteiger partial charge in [0, 0.05) is 19.1 Å². The van der Waals surface area contributed by atoms with Gasteiger partial charge in [0.25, 0.3) is 5.91 Å². The summed E-state index contributed by atoms with van der Waals surface area (Å²) >= 11 is 1.51. The molecular weight excluding hydrogens is 300 g/mol. The van der Waals surface area contributed by atoms with Crippen molar-refractivity contribution in [3.05, 3.63) is 21.9 Å². The Balaban J connectivity index is 1.58. The van der Waals surface area contributed by atoms with Gasteiger partial charge in [-0.05, 0) is 43.2 Å². The van der Waals surface area contributed by atoms with E-state index in [1.54, 1.807) is 0 Å². The molecule has 0 aromatic carbocycles. The second kappa shape index (κ2) is 6.28. The van der Waals surface area contributed by atoms with Crippen LogP contribution in [0.1, 0.15) is 41.4 Å². The van der Waals surface area contributed by atoms with E-state index >= 15 is 0 Å². The van der Waals surface area contributed by atoms with Gasteiger partial charge < -0.3 is 14.5 Å². The smallest absolute Gasteiger partial charge is 0.410 e. The number of nitrogens with zero attached hydrogens (tertiary/aromatic N) is 2. The molecule has 1 aromatic rings. The molecule has 2 saturated heterocycles. The van der Waals surface area contributed by atoms with E-state index in [1.807, 2.05) is 35.1 Å². The van der Waals surface area contributed by atoms with Crippen molar-refractivity contribution in [2.45, 2.75) is 45.3 Å². The lowest BCUT2D eigenvalue weighted by Gasteiger charge is -2.35. The van der Waals surface area contributed by atoms with Crippen molar-refractivity contribution in [1.82, 2.24) is 9.80 Å². The zero-order valence-electron chi connectivity index (χ0n) is 13.1. The van der Waals surface area contributed by atoms with Gasteiger partial charge in [0.2, 0.25) is 0 Å². The van der Waals surface area contributed by atoms with E-state index in [1.165, 1.54) is 11.3 Å². The minimum Gasteiger partial charge on any atom is -0.444 e. The largest absolute Gasteiger partial charge is 0.444 e. The van der Waals surface area contributed by atoms with Crippen molar-refractivity contribution in [3.8, 4) is 0 Å². The number of hydrogen-bond acceptors (Lipinski definition) is 4. The zero-order valence-corrected chi connectivity index (χ0v) is 13.9. The van der Waals surface area contributed by atoms with Crippen LogP contribution in [0.5, 0.6) is 0 Å². The van der Waals surface area contributed by atoms with Gasteiger partial charge in [0.1, 0.15) is 6.10 Å². The summed E-state index contributed by atoms with van der Waals surface area (Å²) in [6.45, 7) is 6.12. The fourth-order valence-corrected chi connectivity index (χ4v) is 4.06. The lowest BCUT2D eigenvalue weighted by Crippen LogP contribution is -2.47. The number of cyclic esters (lactones) is 1. The first-order valence-electron chi connectivity index (χ1n) is 7.90. The quantitative estimate of drug-likeness (QED) is 0.860. The van der Waals surface area contributed by atoms with Gasteiger partial charge in [0.05, 0.1) is 11.4 Å². The Morgan fingerprint density at radius 1 is 1.41 bits per heavy atom. The summed E-state index contributed by atoms with van der Waals surface area (Å²) in [5.41, 5.74) is 1.05. The summed E-state index contributed by atoms with van der Waals surface area (Å²) in [6, 6.07) is 2.19. The minimum absolute atomic E-state index is 0.0286. The number of ether oxygens (including phenoxy) is 1. The van der Waals surface area contributed by atoms with E-state index in [2.05, 4.69) is 0 Å². The maximum Gasteiger partial charge on any atom is 0.410 e. The van der Waals surface area contributed by atoms with E-state index < -0.39 is 0 Å². The average Bonchev–Trinajstić information content (AvgIpc) is 3.12. The van der Waals surface area contributed by atoms with Crippen molar-refractivity contribution in [1.29, 1.82) is 0 Å². The van der Waals surface area contributed by atoms with Crippen LogP contribution in [0.2, 0.25) is 0 Å². The van der Waals surface area contributed by atoms with E-state index in [9.17, 15) is 9.59 Å². The third-order valence-electron chi connectivity index (χ3n) is 4.61. The van der Waals surface area contributed by atoms with Crippen LogP contribution in [0, 0.1) is 6.92 Å². The SMILES string of the molecule is CCC1CN(C2CCN(C(=O)c3sccc3C)CC2)C(=O)O1. The molecule has 0 spiro atoms. The van der Waals surface area contributed by atoms with Crippen molar-refractivity contribution < 1.29 is 14.3 Å². The molecule has 0 bridgehead atoms. The molecule has 2 aliphatic heterocycles. The number of aryl methyl sites for hydroxylation is 1. The van der Waals surface area contributed by atoms with Gasteiger partial charge >= 0.3 is 6.09 Å². The first-order chi connectivity index (χ1) is 10.6. The van der Waals surface area contributed by atoms with Gasteiger partial charge in [-0.25, -0.2) is 4.79 Å². The zero-order chi connectivity index (χ0) is 15.7. The standard InChI is InChI=1S/C16H22N2O3S/c1-3-13-10-18(16(20)21-13)12-4-7-17(8-5-12)15(19)14-11(2)6-9-22-14/h6,9,12-13H,3-5,7-8,10H2,1-2H3. The maximum absolute atomic E-state index is 12.5. The highest BCUT2D eigenvalue weighted by atomic mass is 32.1. The monoisotopic (exact) mass is 322 g/mol. The number of thiophene rings is 1. The molecule has 1 aromatic heterocycles. The summed E-state index contributed by atoms with van der Waals surface area (Å²) in [6.07, 6.45) is 2.37. The topological polar surface area (TPSA) is 49.9 Å². The van der Waals surface area contributed by atoms with Crippen molar-refractivity contribution in [2.24, 2.45) is 0 Å². The Morgan fingerprint density at radius 2 is 2.14 bits per heavy atom. The third-order valence-corrected chi connectivity index (χ3v) is 5.61. The normalized spacial score (nSPS) is 23.0. The number of carbonyl (C=O) groups is 2. The molecule has 0 saturated carbocycles. The molecule has 2 aliphatic rings. The Morgan fingerprint density at radius 3 is 2.68 bits per heavy atom. The fourth-order valence-electron chi connectivity index (χ4n) is 3.17. The number of rotatable bonds is 3. The molecule has 1 unspecified atom stereocenters. The summed E-state index contributed by atoms with van der Waals surface area (Å²) in [4.78, 5) is 29.0. The molecule has 0 aliphatic carbocycles. The summed E-state index contributed by atoms with van der Waals surface area (Å²) < 4.78 is 5.33. The summed E-state index contributed by atoms with van der Waals surface area (Å²) in [5, 5.41) is 1.96. The molecule has 5 nitrogen and oxygen atoms in total. The molecule has 120 valence electrons. The summed E-state index contributed by atoms with van der Waals surface area (Å²) in [7, 11) is 0. The number of hydrogen-bond donors (Lipinski definition) is 0. The molecule has 3 heterocycles. The predicted octanol–water partition coefficient (Wildman–Crippen LogP) is 2.89. The maximum atomic E-state index is 12.5. The van der Waals surface area contributed by atoms with Crippen LogP contribution in [0.25, 0.3) is 0 Å². The van der Waals surface area contributed by atoms with Crippen LogP contribution < -0.4 is 0 Å². The average molecular weight is 322 g/mol. The third kappa shape index (κ3) is 2.84. The highest BCUT2D eigenvalue weighted by Crippen LogP contribution is 2.25. The second-order valence-corrected chi connectivity index (χ2v) is 6.94. The lowest BCUT2D eigenvalue weighted by molar-refractivity contribution is 0.0662. The fraction of sp³-hybridized carbons (Fsp3) is 0.625. The van der Waals surface area contributed by atoms with E-state index in [-0.39, 0.29) is 24.1 Å². The molecule has 2 fully saturated rings. The molecule has 3 rings (SSSR count). The Labute approximate surface area is 134 Å². The predicted molar refractivity (Wildman–Crippen MR) is 85.2 cm³/mol. The Kier molecular flexibility index (Phi) is 4.38. The number of amides is 2. The number of likely N-dealkylation sites (tertiary alicyclic amines) is 1. The molecular formula is C16H22N2O3S. The van der Waals surface area contributed by atoms with Crippen molar-refractivity contribution >= 4 is 23.3 Å². The van der Waals surface area contributed by atoms with Gasteiger partial charge in [0.15, 0.2) is 0 Å². The van der Waals surface area contributed by atoms with Gasteiger partial charge in [-0.15, -0.1) is 11.3 Å². The van der Waals surface area contributed by atoms with Crippen molar-refractivity contribution in [3.63, 3.8) is 0 Å². The first-order valence-corrected chi connectivity index (χ1v) is 8.78. The molecule has 22 heavy (non-hydrogen) atoms. The van der Waals surface area contributed by atoms with Crippen LogP contribution in [0.3, 0.4) is 0 Å². The Bertz CT molecular complexity index is 563. The second-order valence-electron chi connectivity index (χ2n) is 6.02. The van der Waals surface area contributed by atoms with E-state index in [4.69, 9.17) is 4.74 Å². The highest BCUT2D eigenvalue weighted by Gasteiger charge is 2.37. The molecule has 0 radical (unpaired) electrons. The molecule has 2 amide bonds.